The van der Waals surface area contributed by atoms with Gasteiger partial charge in [0.2, 0.25) is 10.0 Å². The summed E-state index contributed by atoms with van der Waals surface area (Å²) in [6.45, 7) is 2.92. The molecule has 7 nitrogen and oxygen atoms in total. The molecular weight excluding hydrogens is 472 g/mol. The van der Waals surface area contributed by atoms with Crippen molar-refractivity contribution in [1.82, 2.24) is 19.1 Å². The van der Waals surface area contributed by atoms with Crippen LogP contribution in [0.25, 0.3) is 0 Å². The van der Waals surface area contributed by atoms with Crippen LogP contribution in [0.1, 0.15) is 42.2 Å². The van der Waals surface area contributed by atoms with Crippen molar-refractivity contribution in [3.63, 3.8) is 0 Å². The highest BCUT2D eigenvalue weighted by atomic mass is 32.2. The maximum atomic E-state index is 15.2. The number of halogens is 2. The Kier molecular flexibility index (Phi) is 5.41. The number of fused-ring (bicyclic) bond motifs is 1. The van der Waals surface area contributed by atoms with Crippen molar-refractivity contribution in [2.45, 2.75) is 43.6 Å². The zero-order valence-corrected chi connectivity index (χ0v) is 20.2. The van der Waals surface area contributed by atoms with E-state index in [1.165, 1.54) is 16.4 Å². The van der Waals surface area contributed by atoms with Gasteiger partial charge >= 0.3 is 0 Å². The average molecular weight is 500 g/mol. The van der Waals surface area contributed by atoms with Crippen molar-refractivity contribution in [2.24, 2.45) is 11.8 Å². The summed E-state index contributed by atoms with van der Waals surface area (Å²) in [6, 6.07) is 11.5. The summed E-state index contributed by atoms with van der Waals surface area (Å²) in [5.74, 6) is -0.378. The molecule has 3 heterocycles. The monoisotopic (exact) mass is 499 g/mol. The number of nitrogens with zero attached hydrogens (tertiary/aromatic N) is 5. The molecule has 0 bridgehead atoms. The van der Waals surface area contributed by atoms with E-state index in [1.54, 1.807) is 24.8 Å². The number of rotatable bonds is 5. The van der Waals surface area contributed by atoms with E-state index in [-0.39, 0.29) is 23.8 Å². The topological polar surface area (TPSA) is 71.3 Å². The van der Waals surface area contributed by atoms with Gasteiger partial charge in [0.15, 0.2) is 0 Å². The number of hydrogen-bond donors (Lipinski definition) is 0. The lowest BCUT2D eigenvalue weighted by molar-refractivity contribution is 0.279. The van der Waals surface area contributed by atoms with Crippen LogP contribution in [0.15, 0.2) is 55.1 Å². The molecule has 5 atom stereocenters. The molecule has 2 aliphatic heterocycles. The highest BCUT2D eigenvalue weighted by Gasteiger charge is 2.57. The van der Waals surface area contributed by atoms with Crippen LogP contribution in [0.4, 0.5) is 14.5 Å². The van der Waals surface area contributed by atoms with E-state index in [0.29, 0.717) is 43.8 Å². The molecule has 4 unspecified atom stereocenters. The molecule has 35 heavy (non-hydrogen) atoms. The summed E-state index contributed by atoms with van der Waals surface area (Å²) in [7, 11) is -3.73. The first-order valence-electron chi connectivity index (χ1n) is 12.0. The number of piperidine rings is 1. The van der Waals surface area contributed by atoms with Gasteiger partial charge in [-0.05, 0) is 31.4 Å². The number of benzene rings is 2. The molecule has 6 rings (SSSR count). The molecule has 0 radical (unpaired) electrons. The normalized spacial score (nSPS) is 29.8. The van der Waals surface area contributed by atoms with Crippen LogP contribution in [-0.4, -0.2) is 46.6 Å². The number of sulfonamides is 1. The Hall–Kier alpha value is -2.85. The number of hydrogen-bond acceptors (Lipinski definition) is 5. The lowest BCUT2D eigenvalue weighted by atomic mass is 10.0. The van der Waals surface area contributed by atoms with Gasteiger partial charge in [0.25, 0.3) is 0 Å². The van der Waals surface area contributed by atoms with Gasteiger partial charge in [-0.15, -0.1) is 10.2 Å². The molecule has 0 N–H and O–H groups in total. The lowest BCUT2D eigenvalue weighted by Gasteiger charge is -2.37. The first kappa shape index (κ1) is 22.6. The quantitative estimate of drug-likeness (QED) is 0.532. The zero-order chi connectivity index (χ0) is 24.3. The van der Waals surface area contributed by atoms with Crippen molar-refractivity contribution in [3.8, 4) is 0 Å². The maximum Gasteiger partial charge on any atom is 0.221 e. The smallest absolute Gasteiger partial charge is 0.221 e. The number of aromatic nitrogens is 3. The summed E-state index contributed by atoms with van der Waals surface area (Å²) in [5, 5.41) is 7.02. The Morgan fingerprint density at radius 1 is 0.971 bits per heavy atom. The third-order valence-corrected chi connectivity index (χ3v) is 10.3. The molecular formula is C25H27F2N5O2S. The summed E-state index contributed by atoms with van der Waals surface area (Å²) < 4.78 is 60.6. The van der Waals surface area contributed by atoms with Gasteiger partial charge in [0.05, 0.1) is 5.69 Å². The first-order valence-corrected chi connectivity index (χ1v) is 13.5. The van der Waals surface area contributed by atoms with Crippen LogP contribution in [0, 0.1) is 23.5 Å². The summed E-state index contributed by atoms with van der Waals surface area (Å²) in [5.41, 5.74) is 1.02. The zero-order valence-electron chi connectivity index (χ0n) is 19.3. The third kappa shape index (κ3) is 3.83. The third-order valence-electron chi connectivity index (χ3n) is 7.91. The molecule has 0 amide bonds. The standard InChI is InChI=1S/C25H27F2N5O2S/c1-16-7-8-24(17-5-3-2-4-6-17)35(33,34)32(16)11-18-9-22(27)23(10-21(18)26)30-12-19-20(13-30)25(19)31-14-28-29-15-31/h2-6,9-10,14-16,19-20,24-25H,7-8,11-13H2,1H3/t16?,19-,20?,24?,25?/m1/s1. The van der Waals surface area contributed by atoms with Gasteiger partial charge in [-0.3, -0.25) is 0 Å². The predicted molar refractivity (Wildman–Crippen MR) is 127 cm³/mol. The largest absolute Gasteiger partial charge is 0.368 e. The minimum Gasteiger partial charge on any atom is -0.368 e. The van der Waals surface area contributed by atoms with E-state index in [4.69, 9.17) is 0 Å². The second kappa shape index (κ2) is 8.37. The van der Waals surface area contributed by atoms with E-state index in [0.717, 1.165) is 5.56 Å². The molecule has 184 valence electrons. The van der Waals surface area contributed by atoms with Crippen LogP contribution >= 0.6 is 0 Å². The molecule has 1 aliphatic carbocycles. The molecule has 0 spiro atoms. The summed E-state index contributed by atoms with van der Waals surface area (Å²) in [6.07, 6.45) is 4.55. The average Bonchev–Trinajstić information content (AvgIpc) is 3.21. The SMILES string of the molecule is CC1CCC(c2ccccc2)S(=O)(=O)N1Cc1cc(F)c(N2CC3C(n4cnnc4)[C@@H]3C2)cc1F. The molecule has 1 aromatic heterocycles. The Balaban J connectivity index is 1.20. The fourth-order valence-corrected chi connectivity index (χ4v) is 8.15. The second-order valence-electron chi connectivity index (χ2n) is 9.94. The molecule has 10 heteroatoms. The number of anilines is 1. The van der Waals surface area contributed by atoms with Crippen LogP contribution < -0.4 is 4.90 Å². The Bertz CT molecular complexity index is 1320. The van der Waals surface area contributed by atoms with E-state index in [1.807, 2.05) is 34.6 Å². The van der Waals surface area contributed by atoms with E-state index in [2.05, 4.69) is 10.2 Å². The van der Waals surface area contributed by atoms with Crippen LogP contribution in [0.2, 0.25) is 0 Å². The minimum atomic E-state index is -3.73. The van der Waals surface area contributed by atoms with E-state index < -0.39 is 26.9 Å². The van der Waals surface area contributed by atoms with Gasteiger partial charge in [0.1, 0.15) is 29.5 Å². The molecule has 1 saturated carbocycles. The molecule has 3 fully saturated rings. The van der Waals surface area contributed by atoms with E-state index >= 15 is 8.78 Å². The maximum absolute atomic E-state index is 15.2. The lowest BCUT2D eigenvalue weighted by Crippen LogP contribution is -2.44. The van der Waals surface area contributed by atoms with Crippen molar-refractivity contribution in [2.75, 3.05) is 18.0 Å². The van der Waals surface area contributed by atoms with Gasteiger partial charge in [-0.2, -0.15) is 4.31 Å². The van der Waals surface area contributed by atoms with Crippen LogP contribution in [0.5, 0.6) is 0 Å². The molecule has 3 aliphatic rings. The summed E-state index contributed by atoms with van der Waals surface area (Å²) in [4.78, 5) is 1.88. The Labute approximate surface area is 203 Å². The Morgan fingerprint density at radius 2 is 1.66 bits per heavy atom. The van der Waals surface area contributed by atoms with Crippen molar-refractivity contribution in [3.05, 3.63) is 77.9 Å². The second-order valence-corrected chi connectivity index (χ2v) is 12.0. The molecule has 3 aromatic rings. The summed E-state index contributed by atoms with van der Waals surface area (Å²) >= 11 is 0. The van der Waals surface area contributed by atoms with Crippen molar-refractivity contribution >= 4 is 15.7 Å². The Morgan fingerprint density at radius 3 is 2.34 bits per heavy atom. The fraction of sp³-hybridized carbons (Fsp3) is 0.440. The predicted octanol–water partition coefficient (Wildman–Crippen LogP) is 3.92. The first-order chi connectivity index (χ1) is 16.8. The van der Waals surface area contributed by atoms with E-state index in [9.17, 15) is 8.42 Å². The van der Waals surface area contributed by atoms with Crippen LogP contribution in [-0.2, 0) is 16.6 Å². The fourth-order valence-electron chi connectivity index (χ4n) is 5.96. The highest BCUT2D eigenvalue weighted by molar-refractivity contribution is 7.89. The van der Waals surface area contributed by atoms with Gasteiger partial charge in [-0.1, -0.05) is 30.3 Å². The molecule has 2 aromatic carbocycles. The van der Waals surface area contributed by atoms with Crippen molar-refractivity contribution in [1.29, 1.82) is 0 Å². The minimum absolute atomic E-state index is 0.0575. The van der Waals surface area contributed by atoms with Crippen LogP contribution in [0.3, 0.4) is 0 Å². The molecule has 2 saturated heterocycles. The van der Waals surface area contributed by atoms with Gasteiger partial charge in [-0.25, -0.2) is 17.2 Å². The van der Waals surface area contributed by atoms with Gasteiger partial charge in [0, 0.05) is 55.2 Å². The van der Waals surface area contributed by atoms with Crippen molar-refractivity contribution < 1.29 is 17.2 Å². The van der Waals surface area contributed by atoms with Gasteiger partial charge < -0.3 is 9.47 Å². The highest BCUT2D eigenvalue weighted by Crippen LogP contribution is 2.56.